The molecule has 0 saturated heterocycles. The average Bonchev–Trinajstić information content (AvgIpc) is 2.49. The van der Waals surface area contributed by atoms with Gasteiger partial charge in [-0.3, -0.25) is 0 Å². The van der Waals surface area contributed by atoms with Crippen LogP contribution in [0.5, 0.6) is 11.5 Å². The Bertz CT molecular complexity index is 570. The maximum Gasteiger partial charge on any atom is 0.137 e. The molecule has 2 rings (SSSR count). The van der Waals surface area contributed by atoms with Crippen LogP contribution in [0.2, 0.25) is 5.02 Å². The van der Waals surface area contributed by atoms with E-state index < -0.39 is 0 Å². The van der Waals surface area contributed by atoms with Gasteiger partial charge in [0.15, 0.2) is 0 Å². The van der Waals surface area contributed by atoms with E-state index in [2.05, 4.69) is 0 Å². The van der Waals surface area contributed by atoms with Crippen molar-refractivity contribution in [1.82, 2.24) is 0 Å². The summed E-state index contributed by atoms with van der Waals surface area (Å²) >= 11 is 6.10. The standard InChI is InChI=1S/C17H20ClNO2/c1-13-3-8-17(16(18)11-13)21-10-2-9-20-15-6-4-14(12-19)5-7-15/h3-8,11H,2,9-10,12,19H2,1H3. The first kappa shape index (κ1) is 15.7. The Kier molecular flexibility index (Phi) is 5.90. The van der Waals surface area contributed by atoms with Crippen LogP contribution >= 0.6 is 11.6 Å². The third kappa shape index (κ3) is 4.96. The SMILES string of the molecule is Cc1ccc(OCCCOc2ccc(CN)cc2)c(Cl)c1. The van der Waals surface area contributed by atoms with E-state index in [-0.39, 0.29) is 0 Å². The number of halogens is 1. The van der Waals surface area contributed by atoms with E-state index >= 15 is 0 Å². The molecule has 0 spiro atoms. The maximum absolute atomic E-state index is 6.10. The van der Waals surface area contributed by atoms with Crippen LogP contribution in [0.15, 0.2) is 42.5 Å². The second-order valence-corrected chi connectivity index (χ2v) is 5.24. The van der Waals surface area contributed by atoms with Crippen LogP contribution in [0, 0.1) is 6.92 Å². The lowest BCUT2D eigenvalue weighted by molar-refractivity contribution is 0.247. The monoisotopic (exact) mass is 305 g/mol. The Morgan fingerprint density at radius 2 is 1.71 bits per heavy atom. The molecule has 0 saturated carbocycles. The summed E-state index contributed by atoms with van der Waals surface area (Å²) in [7, 11) is 0. The molecule has 0 amide bonds. The first-order valence-electron chi connectivity index (χ1n) is 7.00. The van der Waals surface area contributed by atoms with Crippen molar-refractivity contribution in [2.45, 2.75) is 19.9 Å². The lowest BCUT2D eigenvalue weighted by Crippen LogP contribution is -2.05. The van der Waals surface area contributed by atoms with Crippen molar-refractivity contribution >= 4 is 11.6 Å². The smallest absolute Gasteiger partial charge is 0.137 e. The van der Waals surface area contributed by atoms with E-state index in [1.165, 1.54) is 0 Å². The van der Waals surface area contributed by atoms with Crippen LogP contribution in [0.3, 0.4) is 0 Å². The van der Waals surface area contributed by atoms with Gasteiger partial charge in [-0.2, -0.15) is 0 Å². The van der Waals surface area contributed by atoms with Gasteiger partial charge in [-0.15, -0.1) is 0 Å². The van der Waals surface area contributed by atoms with Crippen molar-refractivity contribution in [3.63, 3.8) is 0 Å². The molecule has 0 aromatic heterocycles. The van der Waals surface area contributed by atoms with E-state index in [0.717, 1.165) is 29.0 Å². The van der Waals surface area contributed by atoms with E-state index in [1.807, 2.05) is 49.4 Å². The molecule has 3 nitrogen and oxygen atoms in total. The van der Waals surface area contributed by atoms with Crippen molar-refractivity contribution in [2.24, 2.45) is 5.73 Å². The zero-order valence-electron chi connectivity index (χ0n) is 12.1. The molecule has 21 heavy (non-hydrogen) atoms. The average molecular weight is 306 g/mol. The summed E-state index contributed by atoms with van der Waals surface area (Å²) in [6, 6.07) is 13.6. The second kappa shape index (κ2) is 7.91. The molecule has 2 aromatic carbocycles. The summed E-state index contributed by atoms with van der Waals surface area (Å²) in [6.45, 7) is 3.72. The summed E-state index contributed by atoms with van der Waals surface area (Å²) in [5.74, 6) is 1.56. The molecule has 112 valence electrons. The minimum Gasteiger partial charge on any atom is -0.493 e. The van der Waals surface area contributed by atoms with Crippen LogP contribution in [0.4, 0.5) is 0 Å². The number of hydrogen-bond acceptors (Lipinski definition) is 3. The van der Waals surface area contributed by atoms with Crippen LogP contribution in [-0.2, 0) is 6.54 Å². The third-order valence-corrected chi connectivity index (χ3v) is 3.36. The molecule has 2 N–H and O–H groups in total. The summed E-state index contributed by atoms with van der Waals surface area (Å²) < 4.78 is 11.3. The highest BCUT2D eigenvalue weighted by molar-refractivity contribution is 6.32. The van der Waals surface area contributed by atoms with E-state index in [4.69, 9.17) is 26.8 Å². The molecular formula is C17H20ClNO2. The first-order valence-corrected chi connectivity index (χ1v) is 7.37. The lowest BCUT2D eigenvalue weighted by Gasteiger charge is -2.10. The Morgan fingerprint density at radius 1 is 1.00 bits per heavy atom. The molecule has 0 radical (unpaired) electrons. The summed E-state index contributed by atoms with van der Waals surface area (Å²) in [6.07, 6.45) is 0.794. The number of benzene rings is 2. The molecule has 0 bridgehead atoms. The molecule has 0 atom stereocenters. The summed E-state index contributed by atoms with van der Waals surface area (Å²) in [5, 5.41) is 0.647. The molecule has 0 unspecified atom stereocenters. The Hall–Kier alpha value is -1.71. The van der Waals surface area contributed by atoms with Gasteiger partial charge in [0.05, 0.1) is 18.2 Å². The zero-order valence-corrected chi connectivity index (χ0v) is 12.9. The van der Waals surface area contributed by atoms with Crippen molar-refractivity contribution in [3.05, 3.63) is 58.6 Å². The molecule has 0 aliphatic carbocycles. The number of nitrogens with two attached hydrogens (primary N) is 1. The van der Waals surface area contributed by atoms with Gasteiger partial charge in [-0.1, -0.05) is 29.8 Å². The van der Waals surface area contributed by atoms with Crippen LogP contribution in [0.1, 0.15) is 17.5 Å². The Morgan fingerprint density at radius 3 is 2.38 bits per heavy atom. The highest BCUT2D eigenvalue weighted by Crippen LogP contribution is 2.25. The predicted octanol–water partition coefficient (Wildman–Crippen LogP) is 3.96. The predicted molar refractivity (Wildman–Crippen MR) is 86.1 cm³/mol. The van der Waals surface area contributed by atoms with Crippen LogP contribution in [-0.4, -0.2) is 13.2 Å². The summed E-state index contributed by atoms with van der Waals surface area (Å²) in [5.41, 5.74) is 7.77. The molecular weight excluding hydrogens is 286 g/mol. The molecule has 0 heterocycles. The van der Waals surface area contributed by atoms with Crippen molar-refractivity contribution in [2.75, 3.05) is 13.2 Å². The quantitative estimate of drug-likeness (QED) is 0.788. The van der Waals surface area contributed by atoms with Crippen molar-refractivity contribution in [3.8, 4) is 11.5 Å². The van der Waals surface area contributed by atoms with Gasteiger partial charge >= 0.3 is 0 Å². The largest absolute Gasteiger partial charge is 0.493 e. The highest BCUT2D eigenvalue weighted by Gasteiger charge is 2.01. The Labute approximate surface area is 130 Å². The third-order valence-electron chi connectivity index (χ3n) is 3.06. The summed E-state index contributed by atoms with van der Waals surface area (Å²) in [4.78, 5) is 0. The molecule has 4 heteroatoms. The second-order valence-electron chi connectivity index (χ2n) is 4.83. The van der Waals surface area contributed by atoms with Gasteiger partial charge in [0.1, 0.15) is 11.5 Å². The van der Waals surface area contributed by atoms with Crippen LogP contribution < -0.4 is 15.2 Å². The number of rotatable bonds is 7. The lowest BCUT2D eigenvalue weighted by atomic mass is 10.2. The van der Waals surface area contributed by atoms with Gasteiger partial charge in [0.2, 0.25) is 0 Å². The van der Waals surface area contributed by atoms with Crippen LogP contribution in [0.25, 0.3) is 0 Å². The molecule has 2 aromatic rings. The molecule has 0 aliphatic rings. The first-order chi connectivity index (χ1) is 10.2. The minimum absolute atomic E-state index is 0.547. The zero-order chi connectivity index (χ0) is 15.1. The fourth-order valence-electron chi connectivity index (χ4n) is 1.88. The van der Waals surface area contributed by atoms with E-state index in [9.17, 15) is 0 Å². The van der Waals surface area contributed by atoms with E-state index in [1.54, 1.807) is 0 Å². The molecule has 0 aliphatic heterocycles. The topological polar surface area (TPSA) is 44.5 Å². The number of ether oxygens (including phenoxy) is 2. The molecule has 0 fully saturated rings. The maximum atomic E-state index is 6.10. The fraction of sp³-hybridized carbons (Fsp3) is 0.294. The van der Waals surface area contributed by atoms with Gasteiger partial charge in [-0.05, 0) is 42.3 Å². The van der Waals surface area contributed by atoms with Crippen molar-refractivity contribution < 1.29 is 9.47 Å². The normalized spacial score (nSPS) is 10.4. The highest BCUT2D eigenvalue weighted by atomic mass is 35.5. The number of hydrogen-bond donors (Lipinski definition) is 1. The number of aryl methyl sites for hydroxylation is 1. The van der Waals surface area contributed by atoms with Crippen molar-refractivity contribution in [1.29, 1.82) is 0 Å². The fourth-order valence-corrected chi connectivity index (χ4v) is 2.17. The van der Waals surface area contributed by atoms with Gasteiger partial charge < -0.3 is 15.2 Å². The Balaban J connectivity index is 1.69. The van der Waals surface area contributed by atoms with Gasteiger partial charge in [-0.25, -0.2) is 0 Å². The van der Waals surface area contributed by atoms with Gasteiger partial charge in [0.25, 0.3) is 0 Å². The van der Waals surface area contributed by atoms with Gasteiger partial charge in [0, 0.05) is 13.0 Å². The minimum atomic E-state index is 0.547. The van der Waals surface area contributed by atoms with E-state index in [0.29, 0.717) is 24.8 Å².